The summed E-state index contributed by atoms with van der Waals surface area (Å²) in [7, 11) is 0. The lowest BCUT2D eigenvalue weighted by molar-refractivity contribution is -0.145. The predicted molar refractivity (Wildman–Crippen MR) is 138 cm³/mol. The lowest BCUT2D eigenvalue weighted by Crippen LogP contribution is -2.51. The smallest absolute Gasteiger partial charge is 0.330 e. The second-order valence-corrected chi connectivity index (χ2v) is 13.1. The molecule has 0 aromatic heterocycles. The Labute approximate surface area is 204 Å². The molecule has 8 atom stereocenters. The molecule has 2 nitrogen and oxygen atoms in total. The van der Waals surface area contributed by atoms with E-state index in [1.807, 2.05) is 6.92 Å². The Morgan fingerprint density at radius 3 is 2.61 bits per heavy atom. The van der Waals surface area contributed by atoms with Crippen LogP contribution in [-0.4, -0.2) is 12.1 Å². The van der Waals surface area contributed by atoms with Gasteiger partial charge in [0.15, 0.2) is 0 Å². The van der Waals surface area contributed by atoms with Crippen molar-refractivity contribution in [3.8, 4) is 0 Å². The molecule has 33 heavy (non-hydrogen) atoms. The van der Waals surface area contributed by atoms with Gasteiger partial charge in [-0.25, -0.2) is 4.79 Å². The fraction of sp³-hybridized carbons (Fsp3) is 0.839. The third-order valence-electron chi connectivity index (χ3n) is 10.8. The van der Waals surface area contributed by atoms with E-state index in [2.05, 4.69) is 40.7 Å². The van der Waals surface area contributed by atoms with Crippen LogP contribution in [0.5, 0.6) is 0 Å². The van der Waals surface area contributed by atoms with Crippen LogP contribution in [-0.2, 0) is 9.53 Å². The first-order valence-electron chi connectivity index (χ1n) is 14.2. The largest absolute Gasteiger partial charge is 0.459 e. The number of fused-ring (bicyclic) bond motifs is 5. The van der Waals surface area contributed by atoms with E-state index < -0.39 is 0 Å². The predicted octanol–water partition coefficient (Wildman–Crippen LogP) is 8.52. The van der Waals surface area contributed by atoms with E-state index in [9.17, 15) is 4.79 Å². The van der Waals surface area contributed by atoms with Gasteiger partial charge in [-0.3, -0.25) is 0 Å². The van der Waals surface area contributed by atoms with Gasteiger partial charge in [0.2, 0.25) is 0 Å². The molecule has 186 valence electrons. The SMILES string of the molecule is C/C=C/C(=O)OC1CC[C@@]2(C)C(=CCC3C2CC[C@@]2(C)C3CC[C@@H]2[C@H](C)CCCC(C)C)C1. The van der Waals surface area contributed by atoms with E-state index in [0.29, 0.717) is 10.8 Å². The second kappa shape index (κ2) is 9.90. The molecule has 4 rings (SSSR count). The molecule has 0 spiro atoms. The normalized spacial score (nSPS) is 41.3. The summed E-state index contributed by atoms with van der Waals surface area (Å²) in [5.41, 5.74) is 2.49. The van der Waals surface area contributed by atoms with Gasteiger partial charge in [0.25, 0.3) is 0 Å². The molecule has 0 N–H and O–H groups in total. The summed E-state index contributed by atoms with van der Waals surface area (Å²) in [5, 5.41) is 0. The molecule has 0 heterocycles. The first-order chi connectivity index (χ1) is 15.7. The van der Waals surface area contributed by atoms with E-state index in [1.165, 1.54) is 57.8 Å². The quantitative estimate of drug-likeness (QED) is 0.219. The number of hydrogen-bond donors (Lipinski definition) is 0. The van der Waals surface area contributed by atoms with Crippen molar-refractivity contribution in [2.75, 3.05) is 0 Å². The van der Waals surface area contributed by atoms with Gasteiger partial charge in [0.1, 0.15) is 6.10 Å². The zero-order valence-corrected chi connectivity index (χ0v) is 22.4. The first-order valence-corrected chi connectivity index (χ1v) is 14.2. The molecule has 4 unspecified atom stereocenters. The van der Waals surface area contributed by atoms with Crippen molar-refractivity contribution in [3.63, 3.8) is 0 Å². The maximum atomic E-state index is 12.0. The number of hydrogen-bond acceptors (Lipinski definition) is 2. The first kappa shape index (κ1) is 25.1. The fourth-order valence-corrected chi connectivity index (χ4v) is 9.09. The van der Waals surface area contributed by atoms with Gasteiger partial charge in [0, 0.05) is 12.5 Å². The van der Waals surface area contributed by atoms with E-state index in [1.54, 1.807) is 17.7 Å². The van der Waals surface area contributed by atoms with Gasteiger partial charge in [-0.1, -0.05) is 71.6 Å². The summed E-state index contributed by atoms with van der Waals surface area (Å²) >= 11 is 0. The average Bonchev–Trinajstić information content (AvgIpc) is 3.11. The second-order valence-electron chi connectivity index (χ2n) is 13.1. The lowest BCUT2D eigenvalue weighted by Gasteiger charge is -2.58. The molecule has 4 aliphatic rings. The molecule has 0 aromatic rings. The highest BCUT2D eigenvalue weighted by atomic mass is 16.5. The topological polar surface area (TPSA) is 26.3 Å². The zero-order valence-electron chi connectivity index (χ0n) is 22.4. The lowest BCUT2D eigenvalue weighted by atomic mass is 9.47. The summed E-state index contributed by atoms with van der Waals surface area (Å²) in [6.07, 6.45) is 20.4. The molecule has 0 aliphatic heterocycles. The van der Waals surface area contributed by atoms with E-state index >= 15 is 0 Å². The fourth-order valence-electron chi connectivity index (χ4n) is 9.09. The van der Waals surface area contributed by atoms with Gasteiger partial charge in [-0.15, -0.1) is 0 Å². The van der Waals surface area contributed by atoms with Gasteiger partial charge in [-0.2, -0.15) is 0 Å². The minimum atomic E-state index is -0.173. The highest BCUT2D eigenvalue weighted by Crippen LogP contribution is 2.67. The third-order valence-corrected chi connectivity index (χ3v) is 10.8. The minimum Gasteiger partial charge on any atom is -0.459 e. The molecular weight excluding hydrogens is 404 g/mol. The van der Waals surface area contributed by atoms with E-state index in [0.717, 1.165) is 48.3 Å². The van der Waals surface area contributed by atoms with Crippen LogP contribution in [0, 0.1) is 46.3 Å². The Morgan fingerprint density at radius 2 is 1.88 bits per heavy atom. The van der Waals surface area contributed by atoms with Crippen LogP contribution in [0.4, 0.5) is 0 Å². The molecule has 4 aliphatic carbocycles. The van der Waals surface area contributed by atoms with Crippen LogP contribution in [0.2, 0.25) is 0 Å². The van der Waals surface area contributed by atoms with E-state index in [4.69, 9.17) is 4.74 Å². The van der Waals surface area contributed by atoms with Crippen molar-refractivity contribution in [2.24, 2.45) is 46.3 Å². The number of carbonyl (C=O) groups excluding carboxylic acids is 1. The Hall–Kier alpha value is -1.05. The molecule has 0 amide bonds. The van der Waals surface area contributed by atoms with Gasteiger partial charge in [-0.05, 0) is 98.2 Å². The summed E-state index contributed by atoms with van der Waals surface area (Å²) in [5.74, 6) is 5.08. The van der Waals surface area contributed by atoms with Crippen molar-refractivity contribution < 1.29 is 9.53 Å². The van der Waals surface area contributed by atoms with Crippen LogP contribution in [0.1, 0.15) is 112 Å². The van der Waals surface area contributed by atoms with Crippen LogP contribution in [0.25, 0.3) is 0 Å². The molecule has 0 aromatic carbocycles. The molecule has 0 bridgehead atoms. The van der Waals surface area contributed by atoms with Gasteiger partial charge >= 0.3 is 5.97 Å². The molecule has 3 saturated carbocycles. The number of ether oxygens (including phenoxy) is 1. The number of esters is 1. The van der Waals surface area contributed by atoms with Crippen LogP contribution >= 0.6 is 0 Å². The van der Waals surface area contributed by atoms with Crippen molar-refractivity contribution in [3.05, 3.63) is 23.8 Å². The monoisotopic (exact) mass is 454 g/mol. The molecule has 0 radical (unpaired) electrons. The van der Waals surface area contributed by atoms with Gasteiger partial charge in [0.05, 0.1) is 0 Å². The number of rotatable bonds is 7. The van der Waals surface area contributed by atoms with Crippen LogP contribution < -0.4 is 0 Å². The van der Waals surface area contributed by atoms with Crippen LogP contribution in [0.15, 0.2) is 23.8 Å². The van der Waals surface area contributed by atoms with Crippen molar-refractivity contribution in [1.82, 2.24) is 0 Å². The molecule has 2 heteroatoms. The van der Waals surface area contributed by atoms with Crippen molar-refractivity contribution in [1.29, 1.82) is 0 Å². The average molecular weight is 455 g/mol. The van der Waals surface area contributed by atoms with Gasteiger partial charge < -0.3 is 4.74 Å². The maximum Gasteiger partial charge on any atom is 0.330 e. The maximum absolute atomic E-state index is 12.0. The Balaban J connectivity index is 1.44. The Kier molecular flexibility index (Phi) is 7.52. The Morgan fingerprint density at radius 1 is 1.09 bits per heavy atom. The summed E-state index contributed by atoms with van der Waals surface area (Å²) < 4.78 is 5.77. The summed E-state index contributed by atoms with van der Waals surface area (Å²) in [4.78, 5) is 12.0. The highest BCUT2D eigenvalue weighted by Gasteiger charge is 2.59. The molecule has 3 fully saturated rings. The third kappa shape index (κ3) is 4.74. The van der Waals surface area contributed by atoms with Crippen LogP contribution in [0.3, 0.4) is 0 Å². The number of allylic oxidation sites excluding steroid dienone is 2. The Bertz CT molecular complexity index is 763. The highest BCUT2D eigenvalue weighted by molar-refractivity contribution is 5.81. The molecule has 0 saturated heterocycles. The minimum absolute atomic E-state index is 0.0704. The van der Waals surface area contributed by atoms with Crippen molar-refractivity contribution >= 4 is 5.97 Å². The number of carbonyl (C=O) groups is 1. The zero-order chi connectivity index (χ0) is 23.8. The standard InChI is InChI=1S/C31H50O2/c1-7-9-29(32)33-24-16-18-30(5)23(20-24)12-13-25-27-15-14-26(22(4)11-8-10-21(2)3)31(27,6)19-17-28(25)30/h7,9,12,21-22,24-28H,8,10-11,13-20H2,1-6H3/b9-7+/t22-,24?,25?,26-,27?,28?,30+,31-/m1/s1. The molecular formula is C31H50O2. The van der Waals surface area contributed by atoms with Crippen molar-refractivity contribution in [2.45, 2.75) is 118 Å². The summed E-state index contributed by atoms with van der Waals surface area (Å²) in [6, 6.07) is 0. The van der Waals surface area contributed by atoms with E-state index in [-0.39, 0.29) is 12.1 Å². The summed E-state index contributed by atoms with van der Waals surface area (Å²) in [6.45, 7) is 14.4.